The molecule has 1 aromatic carbocycles. The van der Waals surface area contributed by atoms with Crippen molar-refractivity contribution in [2.24, 2.45) is 0 Å². The molecule has 0 spiro atoms. The van der Waals surface area contributed by atoms with Gasteiger partial charge in [0.2, 0.25) is 0 Å². The molecule has 1 N–H and O–H groups in total. The first-order chi connectivity index (χ1) is 8.75. The second-order valence-corrected chi connectivity index (χ2v) is 4.95. The molecule has 102 valence electrons. The third-order valence-corrected chi connectivity index (χ3v) is 3.58. The SMILES string of the molecule is CN1C=C[NH+](C(=O)N2CCCc3ccccc32)C1.[I-]. The van der Waals surface area contributed by atoms with Gasteiger partial charge in [-0.3, -0.25) is 4.90 Å². The van der Waals surface area contributed by atoms with E-state index in [9.17, 15) is 4.79 Å². The minimum atomic E-state index is 0. The van der Waals surface area contributed by atoms with E-state index < -0.39 is 0 Å². The van der Waals surface area contributed by atoms with E-state index in [4.69, 9.17) is 0 Å². The van der Waals surface area contributed by atoms with Crippen LogP contribution in [0.15, 0.2) is 36.7 Å². The summed E-state index contributed by atoms with van der Waals surface area (Å²) in [6.07, 6.45) is 6.02. The molecule has 2 amide bonds. The van der Waals surface area contributed by atoms with Crippen LogP contribution in [0.25, 0.3) is 0 Å². The Morgan fingerprint density at radius 1 is 1.32 bits per heavy atom. The summed E-state index contributed by atoms with van der Waals surface area (Å²) >= 11 is 0. The lowest BCUT2D eigenvalue weighted by Gasteiger charge is -2.29. The van der Waals surface area contributed by atoms with Crippen LogP contribution in [0.1, 0.15) is 12.0 Å². The van der Waals surface area contributed by atoms with Gasteiger partial charge in [0.05, 0.1) is 11.9 Å². The number of anilines is 1. The lowest BCUT2D eigenvalue weighted by atomic mass is 10.0. The molecule has 19 heavy (non-hydrogen) atoms. The number of halogens is 1. The number of hydrogen-bond donors (Lipinski definition) is 1. The summed E-state index contributed by atoms with van der Waals surface area (Å²) in [6.45, 7) is 1.55. The van der Waals surface area contributed by atoms with Crippen molar-refractivity contribution in [2.75, 3.05) is 25.2 Å². The zero-order chi connectivity index (χ0) is 12.5. The van der Waals surface area contributed by atoms with Gasteiger partial charge in [-0.15, -0.1) is 0 Å². The highest BCUT2D eigenvalue weighted by atomic mass is 127. The molecule has 0 aliphatic carbocycles. The van der Waals surface area contributed by atoms with E-state index >= 15 is 0 Å². The molecule has 5 heteroatoms. The van der Waals surface area contributed by atoms with Crippen LogP contribution in [0.2, 0.25) is 0 Å². The Morgan fingerprint density at radius 2 is 2.11 bits per heavy atom. The number of carbonyl (C=O) groups is 1. The summed E-state index contributed by atoms with van der Waals surface area (Å²) in [5.74, 6) is 0. The van der Waals surface area contributed by atoms with Gasteiger partial charge in [0, 0.05) is 13.6 Å². The van der Waals surface area contributed by atoms with E-state index in [1.54, 1.807) is 0 Å². The summed E-state index contributed by atoms with van der Waals surface area (Å²) in [6, 6.07) is 8.38. The quantitative estimate of drug-likeness (QED) is 0.526. The van der Waals surface area contributed by atoms with Gasteiger partial charge in [-0.2, -0.15) is 0 Å². The maximum atomic E-state index is 12.5. The molecule has 0 saturated heterocycles. The monoisotopic (exact) mass is 371 g/mol. The zero-order valence-electron chi connectivity index (χ0n) is 11.0. The maximum Gasteiger partial charge on any atom is 0.428 e. The number of nitrogens with zero attached hydrogens (tertiary/aromatic N) is 2. The molecule has 1 aromatic rings. The lowest BCUT2D eigenvalue weighted by Crippen LogP contribution is -3.11. The van der Waals surface area contributed by atoms with Crippen molar-refractivity contribution >= 4 is 11.7 Å². The molecule has 0 radical (unpaired) electrons. The predicted octanol–water partition coefficient (Wildman–Crippen LogP) is -2.18. The Hall–Kier alpha value is -1.08. The number of fused-ring (bicyclic) bond motifs is 1. The van der Waals surface area contributed by atoms with Crippen molar-refractivity contribution in [1.82, 2.24) is 4.90 Å². The van der Waals surface area contributed by atoms with Crippen molar-refractivity contribution in [3.8, 4) is 0 Å². The molecule has 2 aliphatic heterocycles. The van der Waals surface area contributed by atoms with Crippen molar-refractivity contribution in [3.05, 3.63) is 42.2 Å². The van der Waals surface area contributed by atoms with Crippen LogP contribution in [-0.2, 0) is 6.42 Å². The van der Waals surface area contributed by atoms with Crippen LogP contribution >= 0.6 is 0 Å². The Kier molecular flexibility index (Phi) is 4.46. The Balaban J connectivity index is 0.00000133. The molecule has 1 unspecified atom stereocenters. The first-order valence-corrected chi connectivity index (χ1v) is 6.40. The van der Waals surface area contributed by atoms with E-state index in [0.29, 0.717) is 0 Å². The Morgan fingerprint density at radius 3 is 2.84 bits per heavy atom. The highest BCUT2D eigenvalue weighted by molar-refractivity contribution is 5.87. The molecule has 0 aromatic heterocycles. The van der Waals surface area contributed by atoms with E-state index in [-0.39, 0.29) is 30.0 Å². The van der Waals surface area contributed by atoms with Crippen LogP contribution in [-0.4, -0.2) is 31.2 Å². The normalized spacial score (nSPS) is 21.0. The highest BCUT2D eigenvalue weighted by Crippen LogP contribution is 2.26. The zero-order valence-corrected chi connectivity index (χ0v) is 13.1. The second kappa shape index (κ2) is 5.92. The fourth-order valence-corrected chi connectivity index (χ4v) is 2.65. The number of hydrogen-bond acceptors (Lipinski definition) is 2. The highest BCUT2D eigenvalue weighted by Gasteiger charge is 2.31. The topological polar surface area (TPSA) is 28.0 Å². The number of amides is 2. The number of carbonyl (C=O) groups excluding carboxylic acids is 1. The van der Waals surface area contributed by atoms with Crippen LogP contribution in [0.4, 0.5) is 10.5 Å². The summed E-state index contributed by atoms with van der Waals surface area (Å²) in [4.78, 5) is 17.4. The van der Waals surface area contributed by atoms with E-state index in [1.165, 1.54) is 5.56 Å². The van der Waals surface area contributed by atoms with Gasteiger partial charge in [-0.05, 0) is 24.5 Å². The number of urea groups is 1. The van der Waals surface area contributed by atoms with Gasteiger partial charge in [0.1, 0.15) is 6.20 Å². The summed E-state index contributed by atoms with van der Waals surface area (Å²) in [7, 11) is 1.99. The Labute approximate surface area is 130 Å². The third kappa shape index (κ3) is 2.76. The average Bonchev–Trinajstić information content (AvgIpc) is 2.84. The van der Waals surface area contributed by atoms with Crippen molar-refractivity contribution < 1.29 is 33.7 Å². The van der Waals surface area contributed by atoms with Gasteiger partial charge in [-0.25, -0.2) is 9.69 Å². The van der Waals surface area contributed by atoms with Crippen molar-refractivity contribution in [1.29, 1.82) is 0 Å². The molecule has 3 rings (SSSR count). The number of rotatable bonds is 0. The molecular formula is C14H18IN3O. The Bertz CT molecular complexity index is 503. The van der Waals surface area contributed by atoms with Gasteiger partial charge in [-0.1, -0.05) is 18.2 Å². The first kappa shape index (κ1) is 14.3. The summed E-state index contributed by atoms with van der Waals surface area (Å²) < 4.78 is 0. The largest absolute Gasteiger partial charge is 1.00 e. The summed E-state index contributed by atoms with van der Waals surface area (Å²) in [5, 5.41) is 0. The van der Waals surface area contributed by atoms with Gasteiger partial charge in [0.15, 0.2) is 6.67 Å². The van der Waals surface area contributed by atoms with Crippen LogP contribution < -0.4 is 33.8 Å². The molecule has 2 aliphatic rings. The standard InChI is InChI=1S/C14H17N3O.HI/c1-15-9-10-16(11-15)14(18)17-8-4-6-12-5-2-3-7-13(12)17;/h2-3,5,7,9-10H,4,6,8,11H2,1H3;1H. The minimum absolute atomic E-state index is 0. The number of quaternary nitrogens is 1. The molecule has 0 fully saturated rings. The van der Waals surface area contributed by atoms with Gasteiger partial charge >= 0.3 is 6.03 Å². The summed E-state index contributed by atoms with van der Waals surface area (Å²) in [5.41, 5.74) is 2.37. The van der Waals surface area contributed by atoms with E-state index in [2.05, 4.69) is 12.1 Å². The number of para-hydroxylation sites is 1. The third-order valence-electron chi connectivity index (χ3n) is 3.58. The average molecular weight is 371 g/mol. The number of nitrogens with one attached hydrogen (secondary N) is 1. The maximum absolute atomic E-state index is 12.5. The fourth-order valence-electron chi connectivity index (χ4n) is 2.65. The molecule has 1 atom stereocenters. The smallest absolute Gasteiger partial charge is 0.428 e. The minimum Gasteiger partial charge on any atom is -1.00 e. The van der Waals surface area contributed by atoms with Gasteiger partial charge in [0.25, 0.3) is 0 Å². The molecule has 0 saturated carbocycles. The fraction of sp³-hybridized carbons (Fsp3) is 0.357. The van der Waals surface area contributed by atoms with Gasteiger partial charge < -0.3 is 28.9 Å². The van der Waals surface area contributed by atoms with Crippen LogP contribution in [0.5, 0.6) is 0 Å². The predicted molar refractivity (Wildman–Crippen MR) is 70.2 cm³/mol. The number of aryl methyl sites for hydroxylation is 1. The first-order valence-electron chi connectivity index (χ1n) is 6.40. The molecular weight excluding hydrogens is 353 g/mol. The molecule has 0 bridgehead atoms. The van der Waals surface area contributed by atoms with Crippen molar-refractivity contribution in [2.45, 2.75) is 12.8 Å². The number of benzene rings is 1. The van der Waals surface area contributed by atoms with E-state index in [1.807, 2.05) is 41.4 Å². The lowest BCUT2D eigenvalue weighted by molar-refractivity contribution is -0.758. The molecule has 4 nitrogen and oxygen atoms in total. The van der Waals surface area contributed by atoms with Crippen LogP contribution in [0.3, 0.4) is 0 Å². The second-order valence-electron chi connectivity index (χ2n) is 4.95. The van der Waals surface area contributed by atoms with Crippen molar-refractivity contribution in [3.63, 3.8) is 0 Å². The van der Waals surface area contributed by atoms with Crippen LogP contribution in [0, 0.1) is 0 Å². The van der Waals surface area contributed by atoms with E-state index in [0.717, 1.165) is 36.6 Å². The molecule has 2 heterocycles.